The van der Waals surface area contributed by atoms with Gasteiger partial charge in [-0.2, -0.15) is 0 Å². The molecule has 0 spiro atoms. The molecule has 2 rings (SSSR count). The van der Waals surface area contributed by atoms with E-state index in [0.29, 0.717) is 11.4 Å². The van der Waals surface area contributed by atoms with Crippen LogP contribution in [0.5, 0.6) is 0 Å². The number of aromatic nitrogens is 1. The van der Waals surface area contributed by atoms with Crippen molar-refractivity contribution in [3.8, 4) is 0 Å². The Morgan fingerprint density at radius 2 is 2.16 bits per heavy atom. The number of carboxylic acid groups (broad SMARTS) is 1. The molecule has 0 bridgehead atoms. The molecule has 0 amide bonds. The minimum atomic E-state index is -1.08. The number of aromatic carboxylic acids is 1. The van der Waals surface area contributed by atoms with Gasteiger partial charge in [0.1, 0.15) is 11.5 Å². The van der Waals surface area contributed by atoms with E-state index in [1.165, 1.54) is 12.1 Å². The number of pyridine rings is 1. The van der Waals surface area contributed by atoms with Crippen LogP contribution in [0.4, 0.5) is 10.1 Å². The number of aryl methyl sites for hydroxylation is 1. The predicted molar refractivity (Wildman–Crippen MR) is 69.7 cm³/mol. The molecule has 0 fully saturated rings. The van der Waals surface area contributed by atoms with Gasteiger partial charge in [0.15, 0.2) is 0 Å². The number of nitrogens with zero attached hydrogens (tertiary/aromatic N) is 1. The van der Waals surface area contributed by atoms with Crippen molar-refractivity contribution in [3.05, 3.63) is 59.2 Å². The molecule has 0 saturated carbocycles. The van der Waals surface area contributed by atoms with E-state index < -0.39 is 5.97 Å². The fourth-order valence-electron chi connectivity index (χ4n) is 1.65. The van der Waals surface area contributed by atoms with E-state index in [9.17, 15) is 9.18 Å². The van der Waals surface area contributed by atoms with Crippen molar-refractivity contribution in [2.24, 2.45) is 0 Å². The van der Waals surface area contributed by atoms with Crippen LogP contribution >= 0.6 is 0 Å². The maximum absolute atomic E-state index is 13.6. The molecule has 5 heteroatoms. The van der Waals surface area contributed by atoms with E-state index in [1.807, 2.05) is 6.92 Å². The lowest BCUT2D eigenvalue weighted by Gasteiger charge is -2.08. The summed E-state index contributed by atoms with van der Waals surface area (Å²) in [6, 6.07) is 9.59. The van der Waals surface area contributed by atoms with Crippen LogP contribution in [-0.4, -0.2) is 16.1 Å². The molecule has 0 aliphatic rings. The van der Waals surface area contributed by atoms with Gasteiger partial charge in [0.05, 0.1) is 17.9 Å². The highest BCUT2D eigenvalue weighted by Crippen LogP contribution is 2.16. The third kappa shape index (κ3) is 3.28. The highest BCUT2D eigenvalue weighted by Gasteiger charge is 2.06. The number of anilines is 1. The fraction of sp³-hybridized carbons (Fsp3) is 0.143. The van der Waals surface area contributed by atoms with Gasteiger partial charge in [0.2, 0.25) is 0 Å². The Hall–Kier alpha value is -2.43. The van der Waals surface area contributed by atoms with E-state index >= 15 is 0 Å². The zero-order valence-electron chi connectivity index (χ0n) is 10.4. The van der Waals surface area contributed by atoms with Gasteiger partial charge in [-0.15, -0.1) is 0 Å². The van der Waals surface area contributed by atoms with Gasteiger partial charge in [0.25, 0.3) is 0 Å². The Bertz CT molecular complexity index is 614. The molecular weight excluding hydrogens is 247 g/mol. The van der Waals surface area contributed by atoms with Crippen LogP contribution < -0.4 is 5.32 Å². The molecular formula is C14H13FN2O2. The Morgan fingerprint density at radius 1 is 1.37 bits per heavy atom. The second-order valence-electron chi connectivity index (χ2n) is 4.16. The number of hydrogen-bond acceptors (Lipinski definition) is 3. The van der Waals surface area contributed by atoms with Crippen LogP contribution in [0.1, 0.15) is 21.7 Å². The number of hydrogen-bond donors (Lipinski definition) is 2. The molecule has 2 N–H and O–H groups in total. The van der Waals surface area contributed by atoms with Gasteiger partial charge >= 0.3 is 5.97 Å². The molecule has 0 saturated heterocycles. The average Bonchev–Trinajstić information content (AvgIpc) is 2.38. The SMILES string of the molecule is Cc1ccc(NCc2cccc(C(=O)O)n2)c(F)c1. The van der Waals surface area contributed by atoms with Gasteiger partial charge < -0.3 is 10.4 Å². The number of nitrogens with one attached hydrogen (secondary N) is 1. The summed E-state index contributed by atoms with van der Waals surface area (Å²) in [5, 5.41) is 11.7. The van der Waals surface area contributed by atoms with Crippen LogP contribution in [0, 0.1) is 12.7 Å². The lowest BCUT2D eigenvalue weighted by molar-refractivity contribution is 0.0690. The number of benzene rings is 1. The van der Waals surface area contributed by atoms with Crippen molar-refractivity contribution >= 4 is 11.7 Å². The molecule has 0 aliphatic heterocycles. The number of carbonyl (C=O) groups is 1. The molecule has 1 aromatic heterocycles. The van der Waals surface area contributed by atoms with Crippen LogP contribution in [-0.2, 0) is 6.54 Å². The zero-order valence-corrected chi connectivity index (χ0v) is 10.4. The molecule has 0 atom stereocenters. The zero-order chi connectivity index (χ0) is 13.8. The van der Waals surface area contributed by atoms with Crippen molar-refractivity contribution in [2.45, 2.75) is 13.5 Å². The average molecular weight is 260 g/mol. The normalized spacial score (nSPS) is 10.2. The van der Waals surface area contributed by atoms with Crippen molar-refractivity contribution in [2.75, 3.05) is 5.32 Å². The van der Waals surface area contributed by atoms with Crippen LogP contribution in [0.15, 0.2) is 36.4 Å². The third-order valence-corrected chi connectivity index (χ3v) is 2.61. The van der Waals surface area contributed by atoms with Crippen molar-refractivity contribution in [3.63, 3.8) is 0 Å². The van der Waals surface area contributed by atoms with Crippen molar-refractivity contribution < 1.29 is 14.3 Å². The van der Waals surface area contributed by atoms with Crippen LogP contribution in [0.2, 0.25) is 0 Å². The summed E-state index contributed by atoms with van der Waals surface area (Å²) in [6.07, 6.45) is 0. The Balaban J connectivity index is 2.10. The first-order valence-electron chi connectivity index (χ1n) is 5.75. The minimum absolute atomic E-state index is 0.0244. The maximum atomic E-state index is 13.6. The predicted octanol–water partition coefficient (Wildman–Crippen LogP) is 2.84. The molecule has 1 heterocycles. The first-order chi connectivity index (χ1) is 9.06. The summed E-state index contributed by atoms with van der Waals surface area (Å²) in [4.78, 5) is 14.7. The molecule has 0 unspecified atom stereocenters. The molecule has 4 nitrogen and oxygen atoms in total. The van der Waals surface area contributed by atoms with E-state index in [0.717, 1.165) is 5.56 Å². The van der Waals surface area contributed by atoms with Crippen LogP contribution in [0.25, 0.3) is 0 Å². The minimum Gasteiger partial charge on any atom is -0.477 e. The summed E-state index contributed by atoms with van der Waals surface area (Å²) < 4.78 is 13.6. The van der Waals surface area contributed by atoms with E-state index in [4.69, 9.17) is 5.11 Å². The van der Waals surface area contributed by atoms with E-state index in [1.54, 1.807) is 24.3 Å². The quantitative estimate of drug-likeness (QED) is 0.887. The summed E-state index contributed by atoms with van der Waals surface area (Å²) in [6.45, 7) is 2.08. The molecule has 19 heavy (non-hydrogen) atoms. The highest BCUT2D eigenvalue weighted by molar-refractivity contribution is 5.85. The van der Waals surface area contributed by atoms with Crippen LogP contribution in [0.3, 0.4) is 0 Å². The first kappa shape index (κ1) is 13.0. The van der Waals surface area contributed by atoms with E-state index in [2.05, 4.69) is 10.3 Å². The fourth-order valence-corrected chi connectivity index (χ4v) is 1.65. The number of rotatable bonds is 4. The molecule has 0 radical (unpaired) electrons. The van der Waals surface area contributed by atoms with E-state index in [-0.39, 0.29) is 18.1 Å². The molecule has 0 aliphatic carbocycles. The first-order valence-corrected chi connectivity index (χ1v) is 5.75. The Labute approximate surface area is 109 Å². The highest BCUT2D eigenvalue weighted by atomic mass is 19.1. The van der Waals surface area contributed by atoms with Gasteiger partial charge in [-0.3, -0.25) is 0 Å². The van der Waals surface area contributed by atoms with Gasteiger partial charge in [-0.05, 0) is 36.8 Å². The van der Waals surface area contributed by atoms with Crippen molar-refractivity contribution in [1.82, 2.24) is 4.98 Å². The third-order valence-electron chi connectivity index (χ3n) is 2.61. The Kier molecular flexibility index (Phi) is 3.75. The lowest BCUT2D eigenvalue weighted by Crippen LogP contribution is -2.07. The second kappa shape index (κ2) is 5.48. The maximum Gasteiger partial charge on any atom is 0.354 e. The van der Waals surface area contributed by atoms with Gasteiger partial charge in [-0.25, -0.2) is 14.2 Å². The van der Waals surface area contributed by atoms with Gasteiger partial charge in [-0.1, -0.05) is 12.1 Å². The Morgan fingerprint density at radius 3 is 2.84 bits per heavy atom. The standard InChI is InChI=1S/C14H13FN2O2/c1-9-5-6-12(11(15)7-9)16-8-10-3-2-4-13(17-10)14(18)19/h2-7,16H,8H2,1H3,(H,18,19). The molecule has 98 valence electrons. The molecule has 1 aromatic carbocycles. The smallest absolute Gasteiger partial charge is 0.354 e. The van der Waals surface area contributed by atoms with Crippen molar-refractivity contribution in [1.29, 1.82) is 0 Å². The monoisotopic (exact) mass is 260 g/mol. The summed E-state index contributed by atoms with van der Waals surface area (Å²) in [7, 11) is 0. The van der Waals surface area contributed by atoms with Gasteiger partial charge in [0, 0.05) is 0 Å². The largest absolute Gasteiger partial charge is 0.477 e. The molecule has 2 aromatic rings. The summed E-state index contributed by atoms with van der Waals surface area (Å²) >= 11 is 0. The lowest BCUT2D eigenvalue weighted by atomic mass is 10.2. The topological polar surface area (TPSA) is 62.2 Å². The summed E-state index contributed by atoms with van der Waals surface area (Å²) in [5.41, 5.74) is 1.73. The second-order valence-corrected chi connectivity index (χ2v) is 4.16. The summed E-state index contributed by atoms with van der Waals surface area (Å²) in [5.74, 6) is -1.42. The number of halogens is 1. The number of carboxylic acids is 1.